The van der Waals surface area contributed by atoms with E-state index in [1.807, 2.05) is 0 Å². The van der Waals surface area contributed by atoms with Gasteiger partial charge in [0, 0.05) is 19.4 Å². The van der Waals surface area contributed by atoms with Crippen LogP contribution >= 0.6 is 0 Å². The van der Waals surface area contributed by atoms with Gasteiger partial charge in [-0.05, 0) is 13.0 Å². The molecule has 62 valence electrons. The Bertz CT molecular complexity index is 149. The molecule has 0 aliphatic carbocycles. The van der Waals surface area contributed by atoms with Gasteiger partial charge in [0.05, 0.1) is 0 Å². The molecule has 3 heteroatoms. The summed E-state index contributed by atoms with van der Waals surface area (Å²) in [5.74, 6) is 2.27. The topological polar surface area (TPSA) is 55.1 Å². The van der Waals surface area contributed by atoms with Crippen molar-refractivity contribution in [3.63, 3.8) is 0 Å². The highest BCUT2D eigenvalue weighted by Crippen LogP contribution is 1.82. The van der Waals surface area contributed by atoms with Crippen LogP contribution in [0, 0.1) is 12.3 Å². The number of nitrogens with two attached hydrogens (primary N) is 1. The number of hydrogen-bond donors (Lipinski definition) is 2. The zero-order valence-electron chi connectivity index (χ0n) is 6.60. The maximum absolute atomic E-state index is 10.2. The van der Waals surface area contributed by atoms with Gasteiger partial charge in [0.25, 0.3) is 0 Å². The van der Waals surface area contributed by atoms with E-state index >= 15 is 0 Å². The van der Waals surface area contributed by atoms with E-state index in [2.05, 4.69) is 11.2 Å². The summed E-state index contributed by atoms with van der Waals surface area (Å²) < 4.78 is 0. The van der Waals surface area contributed by atoms with Crippen molar-refractivity contribution in [2.24, 2.45) is 5.73 Å². The first-order valence-electron chi connectivity index (χ1n) is 3.70. The van der Waals surface area contributed by atoms with Crippen LogP contribution in [0.15, 0.2) is 0 Å². The average molecular weight is 154 g/mol. The summed E-state index contributed by atoms with van der Waals surface area (Å²) in [6.45, 7) is 1.51. The lowest BCUT2D eigenvalue weighted by Crippen LogP contribution is -2.22. The van der Waals surface area contributed by atoms with Crippen molar-refractivity contribution in [2.45, 2.75) is 19.3 Å². The molecule has 0 spiro atoms. The van der Waals surface area contributed by atoms with Gasteiger partial charge in [0.15, 0.2) is 0 Å². The number of carbonyl (C=O) groups is 1. The molecule has 0 aromatic heterocycles. The number of primary amides is 1. The van der Waals surface area contributed by atoms with Crippen molar-refractivity contribution < 1.29 is 4.79 Å². The lowest BCUT2D eigenvalue weighted by molar-refractivity contribution is -0.117. The Morgan fingerprint density at radius 1 is 1.55 bits per heavy atom. The maximum Gasteiger partial charge on any atom is 0.218 e. The number of terminal acetylenes is 1. The van der Waals surface area contributed by atoms with Crippen LogP contribution in [0.3, 0.4) is 0 Å². The van der Waals surface area contributed by atoms with E-state index in [4.69, 9.17) is 12.2 Å². The van der Waals surface area contributed by atoms with E-state index in [1.165, 1.54) is 0 Å². The van der Waals surface area contributed by atoms with Gasteiger partial charge in [-0.15, -0.1) is 12.3 Å². The molecule has 0 aromatic rings. The highest BCUT2D eigenvalue weighted by Gasteiger charge is 1.91. The maximum atomic E-state index is 10.2. The molecule has 0 unspecified atom stereocenters. The highest BCUT2D eigenvalue weighted by molar-refractivity contribution is 5.73. The van der Waals surface area contributed by atoms with Gasteiger partial charge >= 0.3 is 0 Å². The Labute approximate surface area is 67.3 Å². The second kappa shape index (κ2) is 7.10. The van der Waals surface area contributed by atoms with Crippen LogP contribution < -0.4 is 11.1 Å². The Kier molecular flexibility index (Phi) is 6.45. The van der Waals surface area contributed by atoms with Crippen molar-refractivity contribution in [2.75, 3.05) is 13.1 Å². The number of hydrogen-bond acceptors (Lipinski definition) is 2. The van der Waals surface area contributed by atoms with Gasteiger partial charge in [0.2, 0.25) is 5.91 Å². The number of unbranched alkanes of at least 4 members (excludes halogenated alkanes) is 1. The number of carbonyl (C=O) groups excluding carboxylic acids is 1. The minimum atomic E-state index is -0.269. The molecule has 0 aliphatic heterocycles. The lowest BCUT2D eigenvalue weighted by atomic mass is 10.3. The smallest absolute Gasteiger partial charge is 0.218 e. The first kappa shape index (κ1) is 9.99. The van der Waals surface area contributed by atoms with Gasteiger partial charge < -0.3 is 11.1 Å². The Morgan fingerprint density at radius 2 is 2.27 bits per heavy atom. The molecular formula is C8H14N2O. The predicted octanol–water partition coefficient (Wildman–Crippen LogP) is -0.135. The molecular weight excluding hydrogens is 140 g/mol. The highest BCUT2D eigenvalue weighted by atomic mass is 16.1. The van der Waals surface area contributed by atoms with Crippen molar-refractivity contribution in [1.82, 2.24) is 5.32 Å². The third-order valence-electron chi connectivity index (χ3n) is 1.22. The summed E-state index contributed by atoms with van der Waals surface area (Å²) in [6, 6.07) is 0. The molecule has 0 aromatic carbocycles. The van der Waals surface area contributed by atoms with Crippen LogP contribution in [0.5, 0.6) is 0 Å². The van der Waals surface area contributed by atoms with Gasteiger partial charge in [-0.3, -0.25) is 4.79 Å². The van der Waals surface area contributed by atoms with Crippen molar-refractivity contribution in [1.29, 1.82) is 0 Å². The molecule has 1 amide bonds. The summed E-state index contributed by atoms with van der Waals surface area (Å²) >= 11 is 0. The summed E-state index contributed by atoms with van der Waals surface area (Å²) in [4.78, 5) is 10.2. The minimum Gasteiger partial charge on any atom is -0.370 e. The summed E-state index contributed by atoms with van der Waals surface area (Å²) in [6.07, 6.45) is 7.17. The predicted molar refractivity (Wildman–Crippen MR) is 44.7 cm³/mol. The van der Waals surface area contributed by atoms with Gasteiger partial charge in [-0.1, -0.05) is 0 Å². The molecule has 0 atom stereocenters. The zero-order chi connectivity index (χ0) is 8.53. The Morgan fingerprint density at radius 3 is 2.82 bits per heavy atom. The standard InChI is InChI=1S/C8H14N2O/c1-2-3-4-6-10-7-5-8(9)11/h1,10H,3-7H2,(H2,9,11). The van der Waals surface area contributed by atoms with Gasteiger partial charge in [-0.25, -0.2) is 0 Å². The van der Waals surface area contributed by atoms with Gasteiger partial charge in [0.1, 0.15) is 0 Å². The normalized spacial score (nSPS) is 9.00. The van der Waals surface area contributed by atoms with E-state index in [0.717, 1.165) is 19.4 Å². The fourth-order valence-corrected chi connectivity index (χ4v) is 0.652. The zero-order valence-corrected chi connectivity index (χ0v) is 6.60. The largest absolute Gasteiger partial charge is 0.370 e. The summed E-state index contributed by atoms with van der Waals surface area (Å²) in [5, 5.41) is 3.06. The van der Waals surface area contributed by atoms with E-state index < -0.39 is 0 Å². The van der Waals surface area contributed by atoms with Crippen LogP contribution in [-0.2, 0) is 4.79 Å². The first-order valence-corrected chi connectivity index (χ1v) is 3.70. The molecule has 0 saturated heterocycles. The monoisotopic (exact) mass is 154 g/mol. The third-order valence-corrected chi connectivity index (χ3v) is 1.22. The summed E-state index contributed by atoms with van der Waals surface area (Å²) in [7, 11) is 0. The molecule has 0 heterocycles. The van der Waals surface area contributed by atoms with Crippen LogP contribution in [0.4, 0.5) is 0 Å². The molecule has 3 N–H and O–H groups in total. The first-order chi connectivity index (χ1) is 5.27. The molecule has 0 aliphatic rings. The molecule has 0 bridgehead atoms. The fraction of sp³-hybridized carbons (Fsp3) is 0.625. The number of nitrogens with one attached hydrogen (secondary N) is 1. The van der Waals surface area contributed by atoms with Crippen LogP contribution in [0.1, 0.15) is 19.3 Å². The third kappa shape index (κ3) is 8.99. The second-order valence-electron chi connectivity index (χ2n) is 2.27. The quantitative estimate of drug-likeness (QED) is 0.413. The fourth-order valence-electron chi connectivity index (χ4n) is 0.652. The number of rotatable bonds is 6. The second-order valence-corrected chi connectivity index (χ2v) is 2.27. The lowest BCUT2D eigenvalue weighted by Gasteiger charge is -1.99. The van der Waals surface area contributed by atoms with E-state index in [-0.39, 0.29) is 5.91 Å². The SMILES string of the molecule is C#CCCCNCCC(N)=O. The van der Waals surface area contributed by atoms with Gasteiger partial charge in [-0.2, -0.15) is 0 Å². The Balaban J connectivity index is 2.92. The van der Waals surface area contributed by atoms with Crippen LogP contribution in [0.25, 0.3) is 0 Å². The molecule has 3 nitrogen and oxygen atoms in total. The van der Waals surface area contributed by atoms with Crippen molar-refractivity contribution in [3.05, 3.63) is 0 Å². The molecule has 0 rings (SSSR count). The van der Waals surface area contributed by atoms with Crippen molar-refractivity contribution >= 4 is 5.91 Å². The Hall–Kier alpha value is -1.01. The molecule has 0 radical (unpaired) electrons. The summed E-state index contributed by atoms with van der Waals surface area (Å²) in [5.41, 5.74) is 4.92. The number of amides is 1. The molecule has 11 heavy (non-hydrogen) atoms. The molecule has 0 saturated carbocycles. The van der Waals surface area contributed by atoms with Crippen molar-refractivity contribution in [3.8, 4) is 12.3 Å². The van der Waals surface area contributed by atoms with E-state index in [0.29, 0.717) is 13.0 Å². The van der Waals surface area contributed by atoms with Crippen LogP contribution in [-0.4, -0.2) is 19.0 Å². The van der Waals surface area contributed by atoms with E-state index in [9.17, 15) is 4.79 Å². The van der Waals surface area contributed by atoms with Crippen LogP contribution in [0.2, 0.25) is 0 Å². The minimum absolute atomic E-state index is 0.269. The molecule has 0 fully saturated rings. The van der Waals surface area contributed by atoms with E-state index in [1.54, 1.807) is 0 Å². The average Bonchev–Trinajstić information content (AvgIpc) is 1.96.